The lowest BCUT2D eigenvalue weighted by Crippen LogP contribution is -2.53. The first kappa shape index (κ1) is 21.5. The number of amides is 2. The number of carbonyl (C=O) groups is 2. The third kappa shape index (κ3) is 3.67. The van der Waals surface area contributed by atoms with Crippen LogP contribution in [0.3, 0.4) is 0 Å². The zero-order valence-corrected chi connectivity index (χ0v) is 18.3. The SMILES string of the molecule is CC(C)(C)C(=O)NC[C@]1(C)O[C@H]2CO[C@@H]3N2[C@H]1O[C@@]3(C)CNC(=O)C(C)(C)C. The topological polar surface area (TPSA) is 89.1 Å². The Morgan fingerprint density at radius 1 is 0.893 bits per heavy atom. The molecule has 8 nitrogen and oxygen atoms in total. The quantitative estimate of drug-likeness (QED) is 0.741. The Morgan fingerprint density at radius 3 is 1.82 bits per heavy atom. The molecule has 3 aliphatic rings. The Bertz CT molecular complexity index is 625. The molecule has 3 fully saturated rings. The third-order valence-corrected chi connectivity index (χ3v) is 5.66. The van der Waals surface area contributed by atoms with Crippen LogP contribution in [-0.2, 0) is 23.8 Å². The normalized spacial score (nSPS) is 37.8. The largest absolute Gasteiger partial charge is 0.356 e. The van der Waals surface area contributed by atoms with Crippen molar-refractivity contribution in [2.75, 3.05) is 19.7 Å². The summed E-state index contributed by atoms with van der Waals surface area (Å²) in [5, 5.41) is 5.99. The molecule has 5 atom stereocenters. The summed E-state index contributed by atoms with van der Waals surface area (Å²) in [4.78, 5) is 26.7. The monoisotopic (exact) mass is 397 g/mol. The van der Waals surface area contributed by atoms with Crippen LogP contribution in [0.4, 0.5) is 0 Å². The molecule has 0 spiro atoms. The van der Waals surface area contributed by atoms with Crippen LogP contribution >= 0.6 is 0 Å². The van der Waals surface area contributed by atoms with Gasteiger partial charge in [0.25, 0.3) is 0 Å². The van der Waals surface area contributed by atoms with E-state index in [1.165, 1.54) is 0 Å². The summed E-state index contributed by atoms with van der Waals surface area (Å²) in [5.74, 6) is -0.0641. The van der Waals surface area contributed by atoms with Crippen molar-refractivity contribution in [2.24, 2.45) is 10.8 Å². The van der Waals surface area contributed by atoms with Crippen LogP contribution in [0.5, 0.6) is 0 Å². The summed E-state index contributed by atoms with van der Waals surface area (Å²) in [5.41, 5.74) is -2.34. The lowest BCUT2D eigenvalue weighted by atomic mass is 9.95. The molecular formula is C20H35N3O5. The van der Waals surface area contributed by atoms with E-state index in [0.29, 0.717) is 19.7 Å². The first-order valence-electron chi connectivity index (χ1n) is 9.99. The van der Waals surface area contributed by atoms with E-state index < -0.39 is 22.0 Å². The average molecular weight is 398 g/mol. The van der Waals surface area contributed by atoms with Crippen molar-refractivity contribution in [3.8, 4) is 0 Å². The number of nitrogens with zero attached hydrogens (tertiary/aromatic N) is 1. The molecule has 0 saturated carbocycles. The predicted molar refractivity (Wildman–Crippen MR) is 103 cm³/mol. The molecule has 0 unspecified atom stereocenters. The van der Waals surface area contributed by atoms with E-state index in [0.717, 1.165) is 0 Å². The maximum atomic E-state index is 12.3. The molecule has 3 aliphatic heterocycles. The predicted octanol–water partition coefficient (Wildman–Crippen LogP) is 1.20. The lowest BCUT2D eigenvalue weighted by Gasteiger charge is -2.33. The highest BCUT2D eigenvalue weighted by atomic mass is 16.7. The Labute approximate surface area is 167 Å². The van der Waals surface area contributed by atoms with Crippen LogP contribution < -0.4 is 10.6 Å². The highest BCUT2D eigenvalue weighted by Crippen LogP contribution is 2.48. The van der Waals surface area contributed by atoms with Crippen molar-refractivity contribution >= 4 is 11.8 Å². The minimum Gasteiger partial charge on any atom is -0.356 e. The fourth-order valence-electron chi connectivity index (χ4n) is 3.84. The van der Waals surface area contributed by atoms with Gasteiger partial charge in [-0.15, -0.1) is 0 Å². The molecule has 28 heavy (non-hydrogen) atoms. The molecule has 0 aromatic carbocycles. The van der Waals surface area contributed by atoms with E-state index in [9.17, 15) is 9.59 Å². The van der Waals surface area contributed by atoms with Crippen molar-refractivity contribution < 1.29 is 23.8 Å². The molecular weight excluding hydrogens is 362 g/mol. The van der Waals surface area contributed by atoms with Gasteiger partial charge in [0.1, 0.15) is 29.9 Å². The second kappa shape index (κ2) is 6.65. The number of ether oxygens (including phenoxy) is 3. The van der Waals surface area contributed by atoms with Crippen LogP contribution in [0.15, 0.2) is 0 Å². The first-order chi connectivity index (χ1) is 12.7. The van der Waals surface area contributed by atoms with Gasteiger partial charge in [-0.3, -0.25) is 9.59 Å². The minimum atomic E-state index is -0.695. The first-order valence-corrected chi connectivity index (χ1v) is 9.99. The summed E-state index contributed by atoms with van der Waals surface area (Å²) in [7, 11) is 0. The molecule has 3 rings (SSSR count). The number of rotatable bonds is 4. The highest BCUT2D eigenvalue weighted by Gasteiger charge is 2.67. The molecule has 0 aliphatic carbocycles. The number of carbonyl (C=O) groups excluding carboxylic acids is 2. The van der Waals surface area contributed by atoms with Crippen LogP contribution in [0.1, 0.15) is 55.4 Å². The van der Waals surface area contributed by atoms with E-state index in [1.807, 2.05) is 55.4 Å². The summed E-state index contributed by atoms with van der Waals surface area (Å²) in [6.07, 6.45) is -0.878. The van der Waals surface area contributed by atoms with Crippen molar-refractivity contribution in [3.63, 3.8) is 0 Å². The Balaban J connectivity index is 1.71. The van der Waals surface area contributed by atoms with E-state index in [-0.39, 0.29) is 30.5 Å². The molecule has 160 valence electrons. The Hall–Kier alpha value is -1.22. The zero-order valence-electron chi connectivity index (χ0n) is 18.3. The van der Waals surface area contributed by atoms with Gasteiger partial charge in [-0.05, 0) is 13.8 Å². The van der Waals surface area contributed by atoms with Gasteiger partial charge in [0.2, 0.25) is 11.8 Å². The summed E-state index contributed by atoms with van der Waals surface area (Å²) < 4.78 is 18.6. The molecule has 8 heteroatoms. The Kier molecular flexibility index (Phi) is 5.11. The smallest absolute Gasteiger partial charge is 0.225 e. The van der Waals surface area contributed by atoms with Gasteiger partial charge in [-0.25, -0.2) is 4.90 Å². The third-order valence-electron chi connectivity index (χ3n) is 5.66. The molecule has 3 saturated heterocycles. The van der Waals surface area contributed by atoms with Gasteiger partial charge >= 0.3 is 0 Å². The molecule has 0 aromatic rings. The summed E-state index contributed by atoms with van der Waals surface area (Å²) >= 11 is 0. The Morgan fingerprint density at radius 2 is 1.36 bits per heavy atom. The second-order valence-corrected chi connectivity index (χ2v) is 10.7. The highest BCUT2D eigenvalue weighted by molar-refractivity contribution is 5.81. The summed E-state index contributed by atoms with van der Waals surface area (Å²) in [6.45, 7) is 16.3. The fraction of sp³-hybridized carbons (Fsp3) is 0.900. The average Bonchev–Trinajstić information content (AvgIpc) is 3.17. The van der Waals surface area contributed by atoms with E-state index in [4.69, 9.17) is 14.2 Å². The summed E-state index contributed by atoms with van der Waals surface area (Å²) in [6, 6.07) is 0. The van der Waals surface area contributed by atoms with Crippen molar-refractivity contribution in [2.45, 2.75) is 85.3 Å². The van der Waals surface area contributed by atoms with E-state index in [2.05, 4.69) is 15.5 Å². The molecule has 0 aromatic heterocycles. The van der Waals surface area contributed by atoms with Crippen molar-refractivity contribution in [3.05, 3.63) is 0 Å². The lowest BCUT2D eigenvalue weighted by molar-refractivity contribution is -0.142. The van der Waals surface area contributed by atoms with E-state index >= 15 is 0 Å². The van der Waals surface area contributed by atoms with Crippen LogP contribution in [-0.4, -0.2) is 66.3 Å². The molecule has 2 amide bonds. The number of nitrogens with one attached hydrogen (secondary N) is 2. The molecule has 3 heterocycles. The van der Waals surface area contributed by atoms with Gasteiger partial charge < -0.3 is 24.8 Å². The number of hydrogen-bond acceptors (Lipinski definition) is 6. The van der Waals surface area contributed by atoms with Crippen molar-refractivity contribution in [1.29, 1.82) is 0 Å². The molecule has 0 radical (unpaired) electrons. The fourth-order valence-corrected chi connectivity index (χ4v) is 3.84. The maximum absolute atomic E-state index is 12.3. The van der Waals surface area contributed by atoms with Gasteiger partial charge in [-0.1, -0.05) is 41.5 Å². The molecule has 0 bridgehead atoms. The number of hydrogen-bond donors (Lipinski definition) is 2. The van der Waals surface area contributed by atoms with Gasteiger partial charge in [0.15, 0.2) is 0 Å². The van der Waals surface area contributed by atoms with Crippen LogP contribution in [0.25, 0.3) is 0 Å². The molecule has 2 N–H and O–H groups in total. The van der Waals surface area contributed by atoms with E-state index in [1.54, 1.807) is 0 Å². The maximum Gasteiger partial charge on any atom is 0.225 e. The van der Waals surface area contributed by atoms with Gasteiger partial charge in [0, 0.05) is 10.8 Å². The van der Waals surface area contributed by atoms with Crippen molar-refractivity contribution in [1.82, 2.24) is 15.5 Å². The zero-order chi connectivity index (χ0) is 21.1. The van der Waals surface area contributed by atoms with Crippen LogP contribution in [0, 0.1) is 10.8 Å². The second-order valence-electron chi connectivity index (χ2n) is 10.7. The minimum absolute atomic E-state index is 0.0321. The van der Waals surface area contributed by atoms with Gasteiger partial charge in [0.05, 0.1) is 19.7 Å². The van der Waals surface area contributed by atoms with Gasteiger partial charge in [-0.2, -0.15) is 0 Å². The van der Waals surface area contributed by atoms with Crippen LogP contribution in [0.2, 0.25) is 0 Å². The standard InChI is InChI=1S/C20H35N3O5/c1-17(2,3)13(24)21-10-19(7)15-23-12(9-26-15)27-20(8,16(23)28-19)11-22-14(25)18(4,5)6/h12,15-16H,9-11H2,1-8H3,(H,21,24)(H,22,25)/t12-,15-,16-,19-,20-/m0/s1.